The number of aromatic nitrogens is 3. The fourth-order valence-electron chi connectivity index (χ4n) is 17.4. The first kappa shape index (κ1) is 54.2. The summed E-state index contributed by atoms with van der Waals surface area (Å²) in [4.78, 5) is 0. The number of hydrogen-bond acceptors (Lipinski definition) is 2. The van der Waals surface area contributed by atoms with E-state index in [4.69, 9.17) is 0 Å². The van der Waals surface area contributed by atoms with E-state index in [-0.39, 0.29) is 12.6 Å². The SMILES string of the molecule is Cc1cc(C)c(B(c2ccc3sc4ccc(C5c6ccccc6-c6cc7c(cc65)c5ccccc5n7-c5ccc6ccccc6c5)cc4c3c2)c2ccc3sc4ccc(-n5c6ccccc6c6cc7c(cc65)c5ccccc5n7-c5ccc6ccccc6c5)cc4c3c2)c(C)c1. The lowest BCUT2D eigenvalue weighted by Crippen LogP contribution is -2.54. The molecular weight excluding hydrogens is 1200 g/mol. The van der Waals surface area contributed by atoms with Gasteiger partial charge in [0, 0.05) is 84.9 Å². The summed E-state index contributed by atoms with van der Waals surface area (Å²) >= 11 is 3.81. The first-order valence-electron chi connectivity index (χ1n) is 33.4. The Morgan fingerprint density at radius 3 is 1.27 bits per heavy atom. The van der Waals surface area contributed by atoms with Crippen molar-refractivity contribution in [2.75, 3.05) is 0 Å². The molecule has 0 N–H and O–H groups in total. The molecule has 96 heavy (non-hydrogen) atoms. The second kappa shape index (κ2) is 20.4. The van der Waals surface area contributed by atoms with Gasteiger partial charge in [-0.15, -0.1) is 22.7 Å². The summed E-state index contributed by atoms with van der Waals surface area (Å²) in [5.74, 6) is 0.0740. The molecule has 448 valence electrons. The van der Waals surface area contributed by atoms with Gasteiger partial charge in [0.1, 0.15) is 0 Å². The van der Waals surface area contributed by atoms with Crippen LogP contribution in [0.1, 0.15) is 39.3 Å². The zero-order valence-corrected chi connectivity index (χ0v) is 54.7. The Kier molecular flexibility index (Phi) is 11.5. The fraction of sp³-hybridized carbons (Fsp3) is 0.0444. The molecule has 3 nitrogen and oxygen atoms in total. The number of hydrogen-bond donors (Lipinski definition) is 0. The molecule has 5 aromatic heterocycles. The van der Waals surface area contributed by atoms with Crippen molar-refractivity contribution in [1.82, 2.24) is 13.7 Å². The summed E-state index contributed by atoms with van der Waals surface area (Å²) in [6.45, 7) is 6.87. The van der Waals surface area contributed by atoms with Crippen molar-refractivity contribution in [3.8, 4) is 28.2 Å². The summed E-state index contributed by atoms with van der Waals surface area (Å²) in [5.41, 5.74) is 25.4. The van der Waals surface area contributed by atoms with Crippen LogP contribution in [0.15, 0.2) is 291 Å². The molecule has 0 radical (unpaired) electrons. The fourth-order valence-corrected chi connectivity index (χ4v) is 19.5. The van der Waals surface area contributed by atoms with E-state index in [9.17, 15) is 0 Å². The van der Waals surface area contributed by atoms with Gasteiger partial charge >= 0.3 is 0 Å². The highest BCUT2D eigenvalue weighted by Crippen LogP contribution is 2.52. The molecule has 20 aromatic rings. The van der Waals surface area contributed by atoms with Crippen LogP contribution in [0.2, 0.25) is 0 Å². The molecule has 6 heteroatoms. The maximum atomic E-state index is 2.55. The molecule has 0 saturated carbocycles. The number of nitrogens with zero attached hydrogens (tertiary/aromatic N) is 3. The molecule has 0 aliphatic heterocycles. The summed E-state index contributed by atoms with van der Waals surface area (Å²) in [6.07, 6.45) is 0. The van der Waals surface area contributed by atoms with Crippen LogP contribution in [-0.4, -0.2) is 20.4 Å². The van der Waals surface area contributed by atoms with Crippen LogP contribution in [0.3, 0.4) is 0 Å². The van der Waals surface area contributed by atoms with Crippen molar-refractivity contribution in [2.45, 2.75) is 26.7 Å². The number of benzene rings is 15. The molecule has 0 saturated heterocycles. The molecular formula is C90H58BN3S2. The van der Waals surface area contributed by atoms with Crippen molar-refractivity contribution in [3.05, 3.63) is 325 Å². The molecule has 21 rings (SSSR count). The summed E-state index contributed by atoms with van der Waals surface area (Å²) < 4.78 is 12.7. The number of fused-ring (bicyclic) bond motifs is 20. The third-order valence-electron chi connectivity index (χ3n) is 21.4. The van der Waals surface area contributed by atoms with E-state index < -0.39 is 0 Å². The minimum atomic E-state index is -0.0140. The monoisotopic (exact) mass is 1260 g/mol. The van der Waals surface area contributed by atoms with Crippen LogP contribution in [0.25, 0.3) is 155 Å². The molecule has 1 aliphatic rings. The van der Waals surface area contributed by atoms with Crippen LogP contribution in [0.4, 0.5) is 0 Å². The standard InChI is InChI=1S/C90H58BN3S2/c1-52-40-53(2)90(54(3)41-52)91(60-31-37-86-75(45-60)74-44-59(30-36-85(74)95-86)89-69-24-9-8-20-65(69)70-49-82-71(48-78(70)89)66-21-10-13-25-79(66)92(82)62-33-28-55-16-4-6-18-57(55)42-62)61-32-38-87-76(46-61)77-47-64(35-39-88(77)96-87)94-81-27-15-12-23-68(81)73-50-83-72(51-84(73)94)67-22-11-14-26-80(67)93(83)63-34-29-56-17-5-7-19-58(56)43-63/h4-51,89H,1-3H3. The van der Waals surface area contributed by atoms with E-state index in [1.54, 1.807) is 0 Å². The zero-order chi connectivity index (χ0) is 63.2. The van der Waals surface area contributed by atoms with Crippen molar-refractivity contribution >= 4 is 173 Å². The van der Waals surface area contributed by atoms with Gasteiger partial charge in [-0.1, -0.05) is 215 Å². The van der Waals surface area contributed by atoms with Crippen LogP contribution in [0, 0.1) is 20.8 Å². The third-order valence-corrected chi connectivity index (χ3v) is 23.7. The number of aryl methyl sites for hydroxylation is 3. The summed E-state index contributed by atoms with van der Waals surface area (Å²) in [7, 11) is 0. The van der Waals surface area contributed by atoms with Crippen LogP contribution < -0.4 is 16.4 Å². The van der Waals surface area contributed by atoms with E-state index in [1.165, 1.54) is 200 Å². The highest BCUT2D eigenvalue weighted by molar-refractivity contribution is 7.26. The number of para-hydroxylation sites is 3. The maximum Gasteiger partial charge on any atom is 0.241 e. The molecule has 0 amide bonds. The second-order valence-corrected chi connectivity index (χ2v) is 29.0. The Bertz CT molecular complexity index is 6760. The van der Waals surface area contributed by atoms with E-state index in [1.807, 2.05) is 22.7 Å². The molecule has 0 fully saturated rings. The van der Waals surface area contributed by atoms with Gasteiger partial charge in [-0.3, -0.25) is 0 Å². The lowest BCUT2D eigenvalue weighted by molar-refractivity contribution is 1.02. The van der Waals surface area contributed by atoms with Crippen LogP contribution in [-0.2, 0) is 0 Å². The second-order valence-electron chi connectivity index (χ2n) is 26.9. The Balaban J connectivity index is 0.708. The average Bonchev–Trinajstić information content (AvgIpc) is 1.56. The Morgan fingerprint density at radius 1 is 0.281 bits per heavy atom. The van der Waals surface area contributed by atoms with Crippen LogP contribution in [0.5, 0.6) is 0 Å². The van der Waals surface area contributed by atoms with E-state index in [0.717, 1.165) is 5.69 Å². The van der Waals surface area contributed by atoms with Gasteiger partial charge in [-0.05, 0) is 190 Å². The normalized spacial score (nSPS) is 13.3. The first-order valence-corrected chi connectivity index (χ1v) is 35.1. The molecule has 1 unspecified atom stereocenters. The van der Waals surface area contributed by atoms with E-state index in [2.05, 4.69) is 326 Å². The predicted molar refractivity (Wildman–Crippen MR) is 415 cm³/mol. The molecule has 1 atom stereocenters. The molecule has 0 bridgehead atoms. The molecule has 1 aliphatic carbocycles. The quantitative estimate of drug-likeness (QED) is 0.141. The van der Waals surface area contributed by atoms with Gasteiger partial charge in [-0.2, -0.15) is 0 Å². The first-order chi connectivity index (χ1) is 47.3. The average molecular weight is 1260 g/mol. The third kappa shape index (κ3) is 7.88. The van der Waals surface area contributed by atoms with E-state index >= 15 is 0 Å². The summed E-state index contributed by atoms with van der Waals surface area (Å²) in [6, 6.07) is 111. The molecule has 0 spiro atoms. The van der Waals surface area contributed by atoms with Gasteiger partial charge in [-0.25, -0.2) is 0 Å². The highest BCUT2D eigenvalue weighted by Gasteiger charge is 2.33. The largest absolute Gasteiger partial charge is 0.309 e. The lowest BCUT2D eigenvalue weighted by Gasteiger charge is -2.21. The van der Waals surface area contributed by atoms with Crippen molar-refractivity contribution in [2.24, 2.45) is 0 Å². The zero-order valence-electron chi connectivity index (χ0n) is 53.0. The minimum Gasteiger partial charge on any atom is -0.309 e. The molecule has 5 heterocycles. The maximum absolute atomic E-state index is 2.55. The smallest absolute Gasteiger partial charge is 0.241 e. The van der Waals surface area contributed by atoms with Gasteiger partial charge in [0.05, 0.1) is 33.1 Å². The molecule has 15 aromatic carbocycles. The number of rotatable bonds is 7. The Labute approximate surface area is 562 Å². The van der Waals surface area contributed by atoms with E-state index in [0.29, 0.717) is 0 Å². The predicted octanol–water partition coefficient (Wildman–Crippen LogP) is 22.6. The lowest BCUT2D eigenvalue weighted by atomic mass is 9.35. The highest BCUT2D eigenvalue weighted by atomic mass is 32.1. The Hall–Kier alpha value is -11.3. The van der Waals surface area contributed by atoms with Gasteiger partial charge in [0.25, 0.3) is 0 Å². The number of thiophene rings is 2. The van der Waals surface area contributed by atoms with Gasteiger partial charge < -0.3 is 13.7 Å². The van der Waals surface area contributed by atoms with Gasteiger partial charge in [0.2, 0.25) is 6.71 Å². The Morgan fingerprint density at radius 2 is 0.708 bits per heavy atom. The minimum absolute atomic E-state index is 0.0140. The van der Waals surface area contributed by atoms with Crippen molar-refractivity contribution in [1.29, 1.82) is 0 Å². The van der Waals surface area contributed by atoms with Crippen molar-refractivity contribution < 1.29 is 0 Å². The van der Waals surface area contributed by atoms with Crippen molar-refractivity contribution in [3.63, 3.8) is 0 Å². The summed E-state index contributed by atoms with van der Waals surface area (Å²) in [5, 5.41) is 17.7. The van der Waals surface area contributed by atoms with Gasteiger partial charge in [0.15, 0.2) is 0 Å². The van der Waals surface area contributed by atoms with Crippen LogP contribution >= 0.6 is 22.7 Å². The topological polar surface area (TPSA) is 14.8 Å².